The highest BCUT2D eigenvalue weighted by Gasteiger charge is 2.25. The average molecular weight is 393 g/mol. The van der Waals surface area contributed by atoms with Gasteiger partial charge in [-0.15, -0.1) is 0 Å². The van der Waals surface area contributed by atoms with E-state index in [2.05, 4.69) is 22.0 Å². The molecule has 6 nitrogen and oxygen atoms in total. The maximum atomic E-state index is 12.5. The Morgan fingerprint density at radius 2 is 1.63 bits per heavy atom. The third-order valence-corrected chi connectivity index (χ3v) is 5.80. The zero-order valence-electron chi connectivity index (χ0n) is 16.0. The van der Waals surface area contributed by atoms with E-state index in [0.717, 1.165) is 32.1 Å². The van der Waals surface area contributed by atoms with Gasteiger partial charge in [0, 0.05) is 26.2 Å². The Morgan fingerprint density at radius 3 is 2.30 bits per heavy atom. The zero-order valence-corrected chi connectivity index (χ0v) is 16.7. The molecule has 2 saturated heterocycles. The second-order valence-corrected chi connectivity index (χ2v) is 8.05. The van der Waals surface area contributed by atoms with Crippen LogP contribution in [0.15, 0.2) is 24.3 Å². The first kappa shape index (κ1) is 20.1. The van der Waals surface area contributed by atoms with Gasteiger partial charge in [-0.1, -0.05) is 30.7 Å². The largest absolute Gasteiger partial charge is 0.339 e. The molecule has 0 aliphatic carbocycles. The van der Waals surface area contributed by atoms with E-state index in [0.29, 0.717) is 36.9 Å². The predicted molar refractivity (Wildman–Crippen MR) is 108 cm³/mol. The number of piperazine rings is 1. The smallest absolute Gasteiger partial charge is 0.238 e. The number of hydrogen-bond donors (Lipinski definition) is 1. The molecule has 0 spiro atoms. The Kier molecular flexibility index (Phi) is 7.10. The van der Waals surface area contributed by atoms with E-state index in [1.54, 1.807) is 12.1 Å². The van der Waals surface area contributed by atoms with E-state index in [1.807, 2.05) is 17.0 Å². The SMILES string of the molecule is CC1CCN(CC(=O)N2CCN(CC(=O)Nc3ccccc3Cl)CC2)CC1. The monoisotopic (exact) mass is 392 g/mol. The van der Waals surface area contributed by atoms with Gasteiger partial charge in [-0.05, 0) is 44.0 Å². The van der Waals surface area contributed by atoms with Crippen LogP contribution >= 0.6 is 11.6 Å². The van der Waals surface area contributed by atoms with Gasteiger partial charge in [0.1, 0.15) is 0 Å². The number of anilines is 1. The zero-order chi connectivity index (χ0) is 19.2. The Morgan fingerprint density at radius 1 is 1.00 bits per heavy atom. The topological polar surface area (TPSA) is 55.9 Å². The van der Waals surface area contributed by atoms with Crippen molar-refractivity contribution >= 4 is 29.1 Å². The first-order chi connectivity index (χ1) is 13.0. The summed E-state index contributed by atoms with van der Waals surface area (Å²) in [4.78, 5) is 31.0. The van der Waals surface area contributed by atoms with Crippen molar-refractivity contribution < 1.29 is 9.59 Å². The molecule has 2 heterocycles. The predicted octanol–water partition coefficient (Wildman–Crippen LogP) is 2.15. The van der Waals surface area contributed by atoms with Gasteiger partial charge in [-0.3, -0.25) is 19.4 Å². The summed E-state index contributed by atoms with van der Waals surface area (Å²) in [5.74, 6) is 0.909. The molecule has 0 bridgehead atoms. The molecule has 27 heavy (non-hydrogen) atoms. The molecule has 0 aromatic heterocycles. The van der Waals surface area contributed by atoms with Crippen molar-refractivity contribution in [2.24, 2.45) is 5.92 Å². The number of hydrogen-bond acceptors (Lipinski definition) is 4. The third kappa shape index (κ3) is 5.92. The van der Waals surface area contributed by atoms with Crippen LogP contribution in [0.5, 0.6) is 0 Å². The number of para-hydroxylation sites is 1. The molecule has 0 radical (unpaired) electrons. The van der Waals surface area contributed by atoms with E-state index >= 15 is 0 Å². The van der Waals surface area contributed by atoms with Gasteiger partial charge in [0.15, 0.2) is 0 Å². The third-order valence-electron chi connectivity index (χ3n) is 5.48. The number of carbonyl (C=O) groups is 2. The fourth-order valence-corrected chi connectivity index (χ4v) is 3.81. The van der Waals surface area contributed by atoms with E-state index in [-0.39, 0.29) is 11.8 Å². The van der Waals surface area contributed by atoms with E-state index in [1.165, 1.54) is 12.8 Å². The molecular formula is C20H29ClN4O2. The first-order valence-electron chi connectivity index (χ1n) is 9.78. The lowest BCUT2D eigenvalue weighted by Crippen LogP contribution is -2.53. The number of nitrogens with one attached hydrogen (secondary N) is 1. The highest BCUT2D eigenvalue weighted by atomic mass is 35.5. The van der Waals surface area contributed by atoms with Crippen molar-refractivity contribution in [2.75, 3.05) is 57.7 Å². The minimum Gasteiger partial charge on any atom is -0.339 e. The Labute approximate surface area is 166 Å². The number of halogens is 1. The molecule has 0 saturated carbocycles. The normalized spacial score (nSPS) is 19.9. The van der Waals surface area contributed by atoms with Gasteiger partial charge >= 0.3 is 0 Å². The summed E-state index contributed by atoms with van der Waals surface area (Å²) in [6.45, 7) is 7.98. The van der Waals surface area contributed by atoms with Gasteiger partial charge in [0.25, 0.3) is 0 Å². The molecule has 3 rings (SSSR count). The Balaban J connectivity index is 1.39. The number of likely N-dealkylation sites (tertiary alicyclic amines) is 1. The van der Waals surface area contributed by atoms with E-state index in [9.17, 15) is 9.59 Å². The Hall–Kier alpha value is -1.63. The molecule has 148 valence electrons. The number of benzene rings is 1. The standard InChI is InChI=1S/C20H29ClN4O2/c1-16-6-8-23(9-7-16)15-20(27)25-12-10-24(11-13-25)14-19(26)22-18-5-3-2-4-17(18)21/h2-5,16H,6-15H2,1H3,(H,22,26). The van der Waals surface area contributed by atoms with Crippen molar-refractivity contribution in [3.05, 3.63) is 29.3 Å². The molecule has 1 aromatic rings. The van der Waals surface area contributed by atoms with Crippen LogP contribution in [-0.2, 0) is 9.59 Å². The first-order valence-corrected chi connectivity index (χ1v) is 10.2. The molecule has 2 aliphatic rings. The second kappa shape index (κ2) is 9.53. The molecule has 1 N–H and O–H groups in total. The number of piperidine rings is 1. The number of nitrogens with zero attached hydrogens (tertiary/aromatic N) is 3. The van der Waals surface area contributed by atoms with Crippen LogP contribution in [0.2, 0.25) is 5.02 Å². The molecule has 0 atom stereocenters. The summed E-state index contributed by atoms with van der Waals surface area (Å²) < 4.78 is 0. The minimum absolute atomic E-state index is 0.0784. The van der Waals surface area contributed by atoms with Crippen LogP contribution in [0.1, 0.15) is 19.8 Å². The minimum atomic E-state index is -0.0784. The fraction of sp³-hybridized carbons (Fsp3) is 0.600. The van der Waals surface area contributed by atoms with E-state index < -0.39 is 0 Å². The van der Waals surface area contributed by atoms with Crippen LogP contribution in [0.3, 0.4) is 0 Å². The summed E-state index contributed by atoms with van der Waals surface area (Å²) in [5, 5.41) is 3.38. The van der Waals surface area contributed by atoms with Gasteiger partial charge in [-0.2, -0.15) is 0 Å². The molecule has 2 aliphatic heterocycles. The molecule has 0 unspecified atom stereocenters. The fourth-order valence-electron chi connectivity index (χ4n) is 3.62. The van der Waals surface area contributed by atoms with Crippen LogP contribution in [0.4, 0.5) is 5.69 Å². The maximum Gasteiger partial charge on any atom is 0.238 e. The van der Waals surface area contributed by atoms with Crippen LogP contribution in [0.25, 0.3) is 0 Å². The average Bonchev–Trinajstić information content (AvgIpc) is 2.66. The summed E-state index contributed by atoms with van der Waals surface area (Å²) in [6, 6.07) is 7.22. The molecular weight excluding hydrogens is 364 g/mol. The molecule has 2 fully saturated rings. The summed E-state index contributed by atoms with van der Waals surface area (Å²) in [7, 11) is 0. The lowest BCUT2D eigenvalue weighted by atomic mass is 9.99. The van der Waals surface area contributed by atoms with E-state index in [4.69, 9.17) is 11.6 Å². The quantitative estimate of drug-likeness (QED) is 0.834. The molecule has 1 aromatic carbocycles. The van der Waals surface area contributed by atoms with Crippen molar-refractivity contribution in [1.29, 1.82) is 0 Å². The van der Waals surface area contributed by atoms with Gasteiger partial charge in [0.2, 0.25) is 11.8 Å². The van der Waals surface area contributed by atoms with Crippen LogP contribution < -0.4 is 5.32 Å². The highest BCUT2D eigenvalue weighted by Crippen LogP contribution is 2.20. The lowest BCUT2D eigenvalue weighted by Gasteiger charge is -2.36. The van der Waals surface area contributed by atoms with Crippen molar-refractivity contribution in [3.63, 3.8) is 0 Å². The lowest BCUT2D eigenvalue weighted by molar-refractivity contribution is -0.134. The maximum absolute atomic E-state index is 12.5. The van der Waals surface area contributed by atoms with Gasteiger partial charge in [0.05, 0.1) is 23.8 Å². The van der Waals surface area contributed by atoms with Gasteiger partial charge in [-0.25, -0.2) is 0 Å². The van der Waals surface area contributed by atoms with Crippen LogP contribution in [0, 0.1) is 5.92 Å². The van der Waals surface area contributed by atoms with Gasteiger partial charge < -0.3 is 10.2 Å². The summed E-state index contributed by atoms with van der Waals surface area (Å²) in [5.41, 5.74) is 0.633. The summed E-state index contributed by atoms with van der Waals surface area (Å²) in [6.07, 6.45) is 2.36. The van der Waals surface area contributed by atoms with Crippen LogP contribution in [-0.4, -0.2) is 78.9 Å². The van der Waals surface area contributed by atoms with Crippen molar-refractivity contribution in [2.45, 2.75) is 19.8 Å². The number of amides is 2. The molecule has 7 heteroatoms. The highest BCUT2D eigenvalue weighted by molar-refractivity contribution is 6.33. The van der Waals surface area contributed by atoms with Crippen molar-refractivity contribution in [1.82, 2.24) is 14.7 Å². The number of carbonyl (C=O) groups excluding carboxylic acids is 2. The molecule has 2 amide bonds. The summed E-state index contributed by atoms with van der Waals surface area (Å²) >= 11 is 6.08. The number of rotatable bonds is 5. The Bertz CT molecular complexity index is 653. The van der Waals surface area contributed by atoms with Crippen molar-refractivity contribution in [3.8, 4) is 0 Å². The second-order valence-electron chi connectivity index (χ2n) is 7.64.